The van der Waals surface area contributed by atoms with Crippen LogP contribution in [0.4, 0.5) is 0 Å². The number of benzene rings is 1. The predicted octanol–water partition coefficient (Wildman–Crippen LogP) is 5.05. The highest BCUT2D eigenvalue weighted by Gasteiger charge is 2.10. The molecule has 0 radical (unpaired) electrons. The monoisotopic (exact) mass is 309 g/mol. The van der Waals surface area contributed by atoms with E-state index in [9.17, 15) is 0 Å². The summed E-state index contributed by atoms with van der Waals surface area (Å²) < 4.78 is 5.71. The Kier molecular flexibility index (Phi) is 9.60. The first-order valence-corrected chi connectivity index (χ1v) is 9.40. The number of unbranched alkanes of at least 4 members (excludes halogenated alkanes) is 2. The Hall–Kier alpha value is -0.670. The molecule has 0 aromatic heterocycles. The minimum atomic E-state index is 0.231. The first-order valence-electron chi connectivity index (χ1n) is 8.25. The molecule has 0 spiro atoms. The Morgan fingerprint density at radius 1 is 1.10 bits per heavy atom. The molecule has 1 atom stereocenters. The van der Waals surface area contributed by atoms with Crippen LogP contribution >= 0.6 is 11.8 Å². The highest BCUT2D eigenvalue weighted by molar-refractivity contribution is 7.99. The molecule has 0 fully saturated rings. The van der Waals surface area contributed by atoms with Gasteiger partial charge < -0.3 is 10.1 Å². The zero-order chi connectivity index (χ0) is 15.5. The molecule has 0 saturated carbocycles. The lowest BCUT2D eigenvalue weighted by Gasteiger charge is -2.19. The van der Waals surface area contributed by atoms with Crippen molar-refractivity contribution < 1.29 is 4.74 Å². The second kappa shape index (κ2) is 11.0. The quantitative estimate of drug-likeness (QED) is 0.578. The van der Waals surface area contributed by atoms with E-state index < -0.39 is 0 Å². The van der Waals surface area contributed by atoms with Gasteiger partial charge in [0.15, 0.2) is 0 Å². The Balaban J connectivity index is 2.50. The van der Waals surface area contributed by atoms with E-state index in [1.165, 1.54) is 30.6 Å². The van der Waals surface area contributed by atoms with Gasteiger partial charge in [0.1, 0.15) is 5.75 Å². The van der Waals surface area contributed by atoms with Gasteiger partial charge in [-0.3, -0.25) is 0 Å². The standard InChI is InChI=1S/C18H31NOS/c1-5-7-8-13-21-14-18(19-6-2)16-9-11-17(12-10-16)20-15(3)4/h9-12,15,18-19H,5-8,13-14H2,1-4H3. The van der Waals surface area contributed by atoms with Crippen molar-refractivity contribution in [2.24, 2.45) is 0 Å². The average Bonchev–Trinajstić information content (AvgIpc) is 2.46. The molecule has 0 bridgehead atoms. The number of rotatable bonds is 11. The molecule has 1 aromatic carbocycles. The molecule has 1 N–H and O–H groups in total. The van der Waals surface area contributed by atoms with E-state index in [2.05, 4.69) is 69.0 Å². The van der Waals surface area contributed by atoms with Crippen LogP contribution < -0.4 is 10.1 Å². The summed E-state index contributed by atoms with van der Waals surface area (Å²) in [5.41, 5.74) is 1.36. The molecular formula is C18H31NOS. The van der Waals surface area contributed by atoms with Crippen LogP contribution in [-0.4, -0.2) is 24.2 Å². The second-order valence-corrected chi connectivity index (χ2v) is 6.78. The van der Waals surface area contributed by atoms with E-state index >= 15 is 0 Å². The molecule has 0 aliphatic rings. The molecule has 21 heavy (non-hydrogen) atoms. The van der Waals surface area contributed by atoms with E-state index in [4.69, 9.17) is 4.74 Å². The molecule has 1 rings (SSSR count). The van der Waals surface area contributed by atoms with Crippen LogP contribution in [0.15, 0.2) is 24.3 Å². The van der Waals surface area contributed by atoms with Crippen LogP contribution in [0.3, 0.4) is 0 Å². The molecule has 0 aliphatic heterocycles. The normalized spacial score (nSPS) is 12.6. The Morgan fingerprint density at radius 3 is 2.38 bits per heavy atom. The van der Waals surface area contributed by atoms with Gasteiger partial charge in [-0.15, -0.1) is 0 Å². The summed E-state index contributed by atoms with van der Waals surface area (Å²) in [5.74, 6) is 3.37. The highest BCUT2D eigenvalue weighted by Crippen LogP contribution is 2.22. The van der Waals surface area contributed by atoms with Crippen molar-refractivity contribution in [2.75, 3.05) is 18.1 Å². The molecule has 0 aliphatic carbocycles. The van der Waals surface area contributed by atoms with Gasteiger partial charge >= 0.3 is 0 Å². The molecule has 0 amide bonds. The topological polar surface area (TPSA) is 21.3 Å². The fraction of sp³-hybridized carbons (Fsp3) is 0.667. The summed E-state index contributed by atoms with van der Waals surface area (Å²) >= 11 is 2.06. The SMILES string of the molecule is CCCCCSCC(NCC)c1ccc(OC(C)C)cc1. The number of nitrogens with one attached hydrogen (secondary N) is 1. The summed E-state index contributed by atoms with van der Waals surface area (Å²) in [4.78, 5) is 0. The van der Waals surface area contributed by atoms with Gasteiger partial charge in [-0.25, -0.2) is 0 Å². The average molecular weight is 310 g/mol. The van der Waals surface area contributed by atoms with Crippen molar-refractivity contribution in [1.82, 2.24) is 5.32 Å². The second-order valence-electron chi connectivity index (χ2n) is 5.63. The van der Waals surface area contributed by atoms with Gasteiger partial charge in [-0.05, 0) is 50.3 Å². The lowest BCUT2D eigenvalue weighted by Crippen LogP contribution is -2.23. The first-order chi connectivity index (χ1) is 10.2. The zero-order valence-corrected chi connectivity index (χ0v) is 14.8. The Bertz CT molecular complexity index is 364. The van der Waals surface area contributed by atoms with E-state index in [1.807, 2.05) is 0 Å². The van der Waals surface area contributed by atoms with Gasteiger partial charge in [0, 0.05) is 11.8 Å². The van der Waals surface area contributed by atoms with Crippen molar-refractivity contribution in [3.63, 3.8) is 0 Å². The van der Waals surface area contributed by atoms with E-state index in [0.29, 0.717) is 6.04 Å². The number of thioether (sulfide) groups is 1. The number of hydrogen-bond donors (Lipinski definition) is 1. The van der Waals surface area contributed by atoms with E-state index in [1.54, 1.807) is 0 Å². The molecule has 3 heteroatoms. The van der Waals surface area contributed by atoms with Gasteiger partial charge in [0.05, 0.1) is 6.10 Å². The lowest BCUT2D eigenvalue weighted by molar-refractivity contribution is 0.242. The summed E-state index contributed by atoms with van der Waals surface area (Å²) in [7, 11) is 0. The lowest BCUT2D eigenvalue weighted by atomic mass is 10.1. The molecule has 1 unspecified atom stereocenters. The summed E-state index contributed by atoms with van der Waals surface area (Å²) in [5, 5.41) is 3.59. The summed E-state index contributed by atoms with van der Waals surface area (Å²) in [6.07, 6.45) is 4.21. The minimum Gasteiger partial charge on any atom is -0.491 e. The molecule has 1 aromatic rings. The minimum absolute atomic E-state index is 0.231. The van der Waals surface area contributed by atoms with Crippen LogP contribution in [-0.2, 0) is 0 Å². The van der Waals surface area contributed by atoms with Gasteiger partial charge in [-0.1, -0.05) is 38.8 Å². The third-order valence-electron chi connectivity index (χ3n) is 3.28. The third kappa shape index (κ3) is 7.77. The van der Waals surface area contributed by atoms with Gasteiger partial charge in [0.2, 0.25) is 0 Å². The fourth-order valence-electron chi connectivity index (χ4n) is 2.23. The van der Waals surface area contributed by atoms with Crippen LogP contribution in [0.1, 0.15) is 58.6 Å². The van der Waals surface area contributed by atoms with Crippen molar-refractivity contribution in [2.45, 2.75) is 59.1 Å². The van der Waals surface area contributed by atoms with Crippen molar-refractivity contribution in [3.05, 3.63) is 29.8 Å². The largest absolute Gasteiger partial charge is 0.491 e. The van der Waals surface area contributed by atoms with Gasteiger partial charge in [-0.2, -0.15) is 11.8 Å². The summed E-state index contributed by atoms with van der Waals surface area (Å²) in [6, 6.07) is 8.99. The predicted molar refractivity (Wildman–Crippen MR) is 95.5 cm³/mol. The van der Waals surface area contributed by atoms with Crippen molar-refractivity contribution in [1.29, 1.82) is 0 Å². The first kappa shape index (κ1) is 18.4. The fourth-order valence-corrected chi connectivity index (χ4v) is 3.35. The highest BCUT2D eigenvalue weighted by atomic mass is 32.2. The van der Waals surface area contributed by atoms with E-state index in [-0.39, 0.29) is 6.10 Å². The Morgan fingerprint density at radius 2 is 1.81 bits per heavy atom. The summed E-state index contributed by atoms with van der Waals surface area (Å²) in [6.45, 7) is 9.55. The van der Waals surface area contributed by atoms with Crippen molar-refractivity contribution >= 4 is 11.8 Å². The van der Waals surface area contributed by atoms with Crippen LogP contribution in [0, 0.1) is 0 Å². The van der Waals surface area contributed by atoms with E-state index in [0.717, 1.165) is 18.0 Å². The maximum absolute atomic E-state index is 5.71. The zero-order valence-electron chi connectivity index (χ0n) is 14.0. The molecular weight excluding hydrogens is 278 g/mol. The molecule has 0 heterocycles. The van der Waals surface area contributed by atoms with Gasteiger partial charge in [0.25, 0.3) is 0 Å². The maximum atomic E-state index is 5.71. The molecule has 120 valence electrons. The Labute approximate surface area is 135 Å². The molecule has 2 nitrogen and oxygen atoms in total. The smallest absolute Gasteiger partial charge is 0.119 e. The molecule has 0 saturated heterocycles. The number of hydrogen-bond acceptors (Lipinski definition) is 3. The van der Waals surface area contributed by atoms with Crippen LogP contribution in [0.25, 0.3) is 0 Å². The third-order valence-corrected chi connectivity index (χ3v) is 4.43. The van der Waals surface area contributed by atoms with Crippen LogP contribution in [0.2, 0.25) is 0 Å². The van der Waals surface area contributed by atoms with Crippen molar-refractivity contribution in [3.8, 4) is 5.75 Å². The van der Waals surface area contributed by atoms with Crippen LogP contribution in [0.5, 0.6) is 5.75 Å². The maximum Gasteiger partial charge on any atom is 0.119 e. The number of ether oxygens (including phenoxy) is 1.